The van der Waals surface area contributed by atoms with E-state index in [1.54, 1.807) is 26.0 Å². The highest BCUT2D eigenvalue weighted by molar-refractivity contribution is 6.24. The number of amides is 4. The molecule has 0 radical (unpaired) electrons. The van der Waals surface area contributed by atoms with Crippen molar-refractivity contribution < 1.29 is 23.9 Å². The van der Waals surface area contributed by atoms with Crippen LogP contribution in [0.15, 0.2) is 40.5 Å². The number of hydrogen-bond acceptors (Lipinski definition) is 7. The lowest BCUT2D eigenvalue weighted by Gasteiger charge is -2.30. The van der Waals surface area contributed by atoms with Crippen LogP contribution < -0.4 is 16.0 Å². The summed E-state index contributed by atoms with van der Waals surface area (Å²) in [5.74, 6) is -1.30. The molecule has 1 aliphatic carbocycles. The lowest BCUT2D eigenvalue weighted by Crippen LogP contribution is -2.48. The number of ether oxygens (including phenoxy) is 1. The summed E-state index contributed by atoms with van der Waals surface area (Å²) in [6.45, 7) is 3.50. The second kappa shape index (κ2) is 9.66. The third kappa shape index (κ3) is 4.52. The maximum atomic E-state index is 12.9. The number of nitrogens with one attached hydrogen (secondary N) is 3. The number of aliphatic imine (C=N–C) groups is 1. The highest BCUT2D eigenvalue weighted by Gasteiger charge is 2.51. The third-order valence-electron chi connectivity index (χ3n) is 6.32. The van der Waals surface area contributed by atoms with Gasteiger partial charge in [-0.1, -0.05) is 31.4 Å². The summed E-state index contributed by atoms with van der Waals surface area (Å²) in [5, 5.41) is 8.67. The number of amidine groups is 1. The van der Waals surface area contributed by atoms with Crippen LogP contribution in [0.4, 0.5) is 16.2 Å². The van der Waals surface area contributed by atoms with Crippen LogP contribution >= 0.6 is 0 Å². The van der Waals surface area contributed by atoms with Crippen LogP contribution in [0.1, 0.15) is 52.4 Å². The molecule has 2 fully saturated rings. The van der Waals surface area contributed by atoms with E-state index in [0.29, 0.717) is 29.9 Å². The van der Waals surface area contributed by atoms with Gasteiger partial charge in [0, 0.05) is 18.7 Å². The Morgan fingerprint density at radius 3 is 2.65 bits per heavy atom. The topological polar surface area (TPSA) is 129 Å². The molecule has 3 aliphatic rings. The van der Waals surface area contributed by atoms with Gasteiger partial charge >= 0.3 is 12.0 Å². The van der Waals surface area contributed by atoms with Crippen molar-refractivity contribution in [3.05, 3.63) is 35.5 Å². The molecule has 0 atom stereocenters. The van der Waals surface area contributed by atoms with Crippen LogP contribution in [-0.2, 0) is 19.1 Å². The molecular formula is C24H29N5O5. The van der Waals surface area contributed by atoms with Crippen molar-refractivity contribution in [2.24, 2.45) is 4.99 Å². The second-order valence-electron chi connectivity index (χ2n) is 8.65. The van der Waals surface area contributed by atoms with Crippen LogP contribution in [0, 0.1) is 0 Å². The molecule has 1 aromatic rings. The number of hydrogen-bond donors (Lipinski definition) is 3. The molecule has 4 amide bonds. The van der Waals surface area contributed by atoms with Crippen molar-refractivity contribution in [1.82, 2.24) is 15.5 Å². The molecule has 2 heterocycles. The van der Waals surface area contributed by atoms with E-state index in [1.807, 2.05) is 12.1 Å². The van der Waals surface area contributed by atoms with Gasteiger partial charge in [0.2, 0.25) is 5.91 Å². The Kier molecular flexibility index (Phi) is 6.67. The zero-order valence-corrected chi connectivity index (χ0v) is 19.4. The smallest absolute Gasteiger partial charge is 0.343 e. The normalized spacial score (nSPS) is 19.1. The van der Waals surface area contributed by atoms with Crippen LogP contribution in [0.2, 0.25) is 0 Å². The minimum atomic E-state index is -0.830. The summed E-state index contributed by atoms with van der Waals surface area (Å²) in [7, 11) is 0. The first-order chi connectivity index (χ1) is 16.3. The maximum Gasteiger partial charge on any atom is 0.343 e. The molecule has 1 saturated carbocycles. The number of anilines is 1. The summed E-state index contributed by atoms with van der Waals surface area (Å²) in [5.41, 5.74) is 0.995. The van der Waals surface area contributed by atoms with Gasteiger partial charge in [-0.25, -0.2) is 14.6 Å². The van der Waals surface area contributed by atoms with Crippen molar-refractivity contribution >= 4 is 41.0 Å². The van der Waals surface area contributed by atoms with E-state index in [2.05, 4.69) is 20.9 Å². The Hall–Kier alpha value is -3.69. The number of nitrogens with zero attached hydrogens (tertiary/aromatic N) is 2. The molecule has 0 aromatic heterocycles. The Labute approximate surface area is 197 Å². The second-order valence-corrected chi connectivity index (χ2v) is 8.65. The van der Waals surface area contributed by atoms with Crippen molar-refractivity contribution in [2.75, 3.05) is 18.5 Å². The molecule has 2 aliphatic heterocycles. The maximum absolute atomic E-state index is 12.9. The summed E-state index contributed by atoms with van der Waals surface area (Å²) in [4.78, 5) is 56.5. The molecule has 4 rings (SSSR count). The summed E-state index contributed by atoms with van der Waals surface area (Å²) < 4.78 is 5.18. The fourth-order valence-corrected chi connectivity index (χ4v) is 4.62. The van der Waals surface area contributed by atoms with Gasteiger partial charge in [-0.3, -0.25) is 14.5 Å². The standard InChI is InChI=1S/C24H29N5O5/c1-3-34-21(31)19-15(2)25-16-9-5-6-10-17(16)26-20(19)27-18(30)11-14-29-22(32)24(28-23(29)33)12-7-4-8-13-24/h5-6,9-10,25H,3-4,7-8,11-14H2,1-2H3,(H,28,33)(H,26,27,30). The molecule has 10 nitrogen and oxygen atoms in total. The number of carbonyl (C=O) groups excluding carboxylic acids is 4. The van der Waals surface area contributed by atoms with Crippen molar-refractivity contribution in [1.29, 1.82) is 0 Å². The molecule has 180 valence electrons. The summed E-state index contributed by atoms with van der Waals surface area (Å²) in [6.07, 6.45) is 3.94. The Morgan fingerprint density at radius 2 is 1.91 bits per heavy atom. The fourth-order valence-electron chi connectivity index (χ4n) is 4.62. The molecule has 0 unspecified atom stereocenters. The minimum absolute atomic E-state index is 0.0550. The summed E-state index contributed by atoms with van der Waals surface area (Å²) in [6, 6.07) is 6.74. The van der Waals surface area contributed by atoms with Crippen molar-refractivity contribution in [3.8, 4) is 0 Å². The van der Waals surface area contributed by atoms with Crippen LogP contribution in [0.25, 0.3) is 0 Å². The van der Waals surface area contributed by atoms with E-state index < -0.39 is 23.4 Å². The number of para-hydroxylation sites is 2. The quantitative estimate of drug-likeness (QED) is 0.451. The van der Waals surface area contributed by atoms with Crippen molar-refractivity contribution in [3.63, 3.8) is 0 Å². The number of esters is 1. The average Bonchev–Trinajstić information content (AvgIpc) is 2.93. The first kappa shape index (κ1) is 23.5. The summed E-state index contributed by atoms with van der Waals surface area (Å²) >= 11 is 0. The number of benzene rings is 1. The van der Waals surface area contributed by atoms with Crippen LogP contribution in [0.3, 0.4) is 0 Å². The van der Waals surface area contributed by atoms with E-state index in [0.717, 1.165) is 24.2 Å². The predicted octanol–water partition coefficient (Wildman–Crippen LogP) is 2.74. The van der Waals surface area contributed by atoms with E-state index in [4.69, 9.17) is 4.74 Å². The van der Waals surface area contributed by atoms with Crippen molar-refractivity contribution in [2.45, 2.75) is 57.9 Å². The average molecular weight is 468 g/mol. The lowest BCUT2D eigenvalue weighted by molar-refractivity contribution is -0.138. The first-order valence-corrected chi connectivity index (χ1v) is 11.6. The van der Waals surface area contributed by atoms with E-state index in [-0.39, 0.29) is 36.9 Å². The lowest BCUT2D eigenvalue weighted by atomic mass is 9.82. The number of rotatable bonds is 5. The molecule has 34 heavy (non-hydrogen) atoms. The van der Waals surface area contributed by atoms with E-state index in [9.17, 15) is 19.2 Å². The predicted molar refractivity (Wildman–Crippen MR) is 125 cm³/mol. The zero-order valence-electron chi connectivity index (χ0n) is 19.4. The highest BCUT2D eigenvalue weighted by atomic mass is 16.5. The monoisotopic (exact) mass is 467 g/mol. The van der Waals surface area contributed by atoms with Crippen LogP contribution in [-0.4, -0.2) is 53.2 Å². The van der Waals surface area contributed by atoms with Gasteiger partial charge < -0.3 is 20.7 Å². The Bertz CT molecular complexity index is 1090. The molecule has 1 spiro atoms. The number of fused-ring (bicyclic) bond motifs is 1. The number of imide groups is 1. The Morgan fingerprint density at radius 1 is 1.18 bits per heavy atom. The van der Waals surface area contributed by atoms with Crippen LogP contribution in [0.5, 0.6) is 0 Å². The number of carbonyl (C=O) groups is 4. The fraction of sp³-hybridized carbons (Fsp3) is 0.458. The van der Waals surface area contributed by atoms with E-state index >= 15 is 0 Å². The van der Waals surface area contributed by atoms with Gasteiger partial charge in [0.05, 0.1) is 18.0 Å². The molecule has 1 saturated heterocycles. The molecule has 1 aromatic carbocycles. The van der Waals surface area contributed by atoms with E-state index in [1.165, 1.54) is 0 Å². The zero-order chi connectivity index (χ0) is 24.3. The number of allylic oxidation sites excluding steroid dienone is 1. The number of urea groups is 1. The van der Waals surface area contributed by atoms with Gasteiger partial charge in [-0.15, -0.1) is 0 Å². The van der Waals surface area contributed by atoms with Gasteiger partial charge in [-0.2, -0.15) is 0 Å². The van der Waals surface area contributed by atoms with Gasteiger partial charge in [0.1, 0.15) is 16.9 Å². The van der Waals surface area contributed by atoms with Gasteiger partial charge in [0.15, 0.2) is 0 Å². The first-order valence-electron chi connectivity index (χ1n) is 11.6. The molecule has 10 heteroatoms. The highest BCUT2D eigenvalue weighted by Crippen LogP contribution is 2.34. The molecule has 0 bridgehead atoms. The molecule has 3 N–H and O–H groups in total. The van der Waals surface area contributed by atoms with Gasteiger partial charge in [-0.05, 0) is 38.8 Å². The molecular weight excluding hydrogens is 438 g/mol. The Balaban J connectivity index is 1.50. The third-order valence-corrected chi connectivity index (χ3v) is 6.32. The largest absolute Gasteiger partial charge is 0.462 e. The van der Waals surface area contributed by atoms with Gasteiger partial charge in [0.25, 0.3) is 5.91 Å². The SMILES string of the molecule is CCOC(=O)C1=C(C)Nc2ccccc2N=C1NC(=O)CCN1C(=O)NC2(CCCCC2)C1=O. The minimum Gasteiger partial charge on any atom is -0.462 e.